The summed E-state index contributed by atoms with van der Waals surface area (Å²) >= 11 is 0. The molecule has 4 rings (SSSR count). The van der Waals surface area contributed by atoms with Crippen LogP contribution in [-0.4, -0.2) is 44.7 Å². The van der Waals surface area contributed by atoms with Crippen LogP contribution in [-0.2, 0) is 6.42 Å². The second-order valence-electron chi connectivity index (χ2n) is 7.84. The van der Waals surface area contributed by atoms with Gasteiger partial charge in [0.1, 0.15) is 5.82 Å². The summed E-state index contributed by atoms with van der Waals surface area (Å²) in [5, 5.41) is 6.90. The maximum Gasteiger partial charge on any atom is 0.258 e. The molecule has 0 bridgehead atoms. The Morgan fingerprint density at radius 3 is 2.42 bits per heavy atom. The molecule has 0 spiro atoms. The summed E-state index contributed by atoms with van der Waals surface area (Å²) < 4.78 is 29.8. The summed E-state index contributed by atoms with van der Waals surface area (Å²) in [6, 6.07) is 17.0. The quantitative estimate of drug-likeness (QED) is 0.244. The molecule has 4 aromatic rings. The number of rotatable bonds is 8. The number of aliphatic imine (C=N–C) groups is 1. The van der Waals surface area contributed by atoms with Gasteiger partial charge in [-0.15, -0.1) is 0 Å². The SMILES string of the molecule is COc1cc(C(=O)NC(=NCCc2c[nH]c3ccccc23)Nc2cccc(F)c2)cc(OC)c1OC. The fourth-order valence-corrected chi connectivity index (χ4v) is 3.83. The lowest BCUT2D eigenvalue weighted by Gasteiger charge is -2.15. The first-order valence-corrected chi connectivity index (χ1v) is 11.3. The summed E-state index contributed by atoms with van der Waals surface area (Å²) in [7, 11) is 4.44. The molecule has 0 saturated heterocycles. The zero-order valence-corrected chi connectivity index (χ0v) is 20.2. The number of hydrogen-bond donors (Lipinski definition) is 3. The first kappa shape index (κ1) is 24.6. The van der Waals surface area contributed by atoms with E-state index in [9.17, 15) is 9.18 Å². The minimum atomic E-state index is -0.455. The minimum absolute atomic E-state index is 0.180. The number of amides is 1. The molecule has 0 unspecified atom stereocenters. The number of nitrogens with zero attached hydrogens (tertiary/aromatic N) is 1. The number of hydrogen-bond acceptors (Lipinski definition) is 5. The average molecular weight is 491 g/mol. The van der Waals surface area contributed by atoms with Gasteiger partial charge in [-0.2, -0.15) is 0 Å². The van der Waals surface area contributed by atoms with E-state index in [2.05, 4.69) is 20.6 Å². The molecule has 0 fully saturated rings. The summed E-state index contributed by atoms with van der Waals surface area (Å²) in [6.07, 6.45) is 2.59. The number of ether oxygens (including phenoxy) is 3. The molecule has 1 heterocycles. The predicted octanol–water partition coefficient (Wildman–Crippen LogP) is 4.77. The molecule has 0 radical (unpaired) electrons. The second kappa shape index (κ2) is 11.3. The number of carbonyl (C=O) groups excluding carboxylic acids is 1. The predicted molar refractivity (Wildman–Crippen MR) is 138 cm³/mol. The molecule has 1 aromatic heterocycles. The van der Waals surface area contributed by atoms with Gasteiger partial charge in [0.15, 0.2) is 11.5 Å². The van der Waals surface area contributed by atoms with Crippen molar-refractivity contribution in [2.75, 3.05) is 33.2 Å². The van der Waals surface area contributed by atoms with Crippen LogP contribution in [0.2, 0.25) is 0 Å². The number of para-hydroxylation sites is 1. The lowest BCUT2D eigenvalue weighted by Crippen LogP contribution is -2.36. The molecule has 36 heavy (non-hydrogen) atoms. The van der Waals surface area contributed by atoms with E-state index < -0.39 is 11.7 Å². The molecule has 0 saturated carbocycles. The van der Waals surface area contributed by atoms with Crippen LogP contribution >= 0.6 is 0 Å². The average Bonchev–Trinajstić information content (AvgIpc) is 3.30. The Balaban J connectivity index is 1.58. The van der Waals surface area contributed by atoms with Crippen molar-refractivity contribution >= 4 is 28.5 Å². The fourth-order valence-electron chi connectivity index (χ4n) is 3.83. The van der Waals surface area contributed by atoms with E-state index in [0.717, 1.165) is 16.5 Å². The molecule has 8 nitrogen and oxygen atoms in total. The van der Waals surface area contributed by atoms with Gasteiger partial charge in [0.25, 0.3) is 5.91 Å². The van der Waals surface area contributed by atoms with Gasteiger partial charge in [-0.1, -0.05) is 24.3 Å². The van der Waals surface area contributed by atoms with Gasteiger partial charge in [-0.3, -0.25) is 15.1 Å². The van der Waals surface area contributed by atoms with Crippen molar-refractivity contribution in [2.24, 2.45) is 4.99 Å². The zero-order chi connectivity index (χ0) is 25.5. The number of halogens is 1. The lowest BCUT2D eigenvalue weighted by molar-refractivity contribution is 0.0976. The number of aromatic nitrogens is 1. The molecule has 0 aliphatic carbocycles. The molecule has 186 valence electrons. The highest BCUT2D eigenvalue weighted by atomic mass is 19.1. The van der Waals surface area contributed by atoms with Crippen molar-refractivity contribution in [3.8, 4) is 17.2 Å². The van der Waals surface area contributed by atoms with Crippen LogP contribution in [0.4, 0.5) is 10.1 Å². The number of benzene rings is 3. The molecule has 0 atom stereocenters. The van der Waals surface area contributed by atoms with Crippen LogP contribution in [0.1, 0.15) is 15.9 Å². The van der Waals surface area contributed by atoms with E-state index in [0.29, 0.717) is 35.9 Å². The number of methoxy groups -OCH3 is 3. The number of carbonyl (C=O) groups is 1. The van der Waals surface area contributed by atoms with Crippen LogP contribution < -0.4 is 24.8 Å². The van der Waals surface area contributed by atoms with Crippen molar-refractivity contribution in [2.45, 2.75) is 6.42 Å². The number of H-pyrrole nitrogens is 1. The van der Waals surface area contributed by atoms with E-state index in [1.54, 1.807) is 24.3 Å². The van der Waals surface area contributed by atoms with Crippen LogP contribution in [0.5, 0.6) is 17.2 Å². The molecular weight excluding hydrogens is 463 g/mol. The van der Waals surface area contributed by atoms with Gasteiger partial charge >= 0.3 is 0 Å². The highest BCUT2D eigenvalue weighted by Gasteiger charge is 2.18. The number of aromatic amines is 1. The van der Waals surface area contributed by atoms with Crippen molar-refractivity contribution < 1.29 is 23.4 Å². The van der Waals surface area contributed by atoms with E-state index in [1.807, 2.05) is 30.5 Å². The summed E-state index contributed by atoms with van der Waals surface area (Å²) in [4.78, 5) is 21.0. The standard InChI is InChI=1S/C27H27FN4O4/c1-34-23-13-18(14-24(35-2)25(23)36-3)26(33)32-27(31-20-8-6-7-19(28)15-20)29-12-11-17-16-30-22-10-5-4-9-21(17)22/h4-10,13-16,30H,11-12H2,1-3H3,(H2,29,31,32,33). The van der Waals surface area contributed by atoms with Crippen LogP contribution in [0, 0.1) is 5.82 Å². The Morgan fingerprint density at radius 2 is 1.72 bits per heavy atom. The molecule has 0 aliphatic heterocycles. The first-order chi connectivity index (χ1) is 17.5. The maximum atomic E-state index is 13.8. The molecular formula is C27H27FN4O4. The Kier molecular flexibility index (Phi) is 7.69. The molecule has 3 N–H and O–H groups in total. The van der Waals surface area contributed by atoms with Gasteiger partial charge in [-0.05, 0) is 48.4 Å². The van der Waals surface area contributed by atoms with Crippen molar-refractivity contribution in [3.05, 3.63) is 83.8 Å². The van der Waals surface area contributed by atoms with Crippen molar-refractivity contribution in [1.82, 2.24) is 10.3 Å². The number of fused-ring (bicyclic) bond motifs is 1. The van der Waals surface area contributed by atoms with Gasteiger partial charge < -0.3 is 24.5 Å². The summed E-state index contributed by atoms with van der Waals surface area (Å²) in [5.74, 6) is 0.384. The van der Waals surface area contributed by atoms with Gasteiger partial charge in [-0.25, -0.2) is 4.39 Å². The smallest absolute Gasteiger partial charge is 0.258 e. The Bertz CT molecular complexity index is 1370. The van der Waals surface area contributed by atoms with E-state index >= 15 is 0 Å². The highest BCUT2D eigenvalue weighted by molar-refractivity contribution is 6.10. The van der Waals surface area contributed by atoms with Crippen LogP contribution in [0.15, 0.2) is 71.9 Å². The van der Waals surface area contributed by atoms with Gasteiger partial charge in [0.05, 0.1) is 21.3 Å². The number of guanidine groups is 1. The largest absolute Gasteiger partial charge is 0.493 e. The Hall–Kier alpha value is -4.53. The number of anilines is 1. The molecule has 1 amide bonds. The minimum Gasteiger partial charge on any atom is -0.493 e. The fraction of sp³-hybridized carbons (Fsp3) is 0.185. The normalized spacial score (nSPS) is 11.3. The molecule has 3 aromatic carbocycles. The van der Waals surface area contributed by atoms with Crippen molar-refractivity contribution in [1.29, 1.82) is 0 Å². The third-order valence-corrected chi connectivity index (χ3v) is 5.57. The zero-order valence-electron chi connectivity index (χ0n) is 20.2. The Morgan fingerprint density at radius 1 is 0.972 bits per heavy atom. The molecule has 9 heteroatoms. The summed E-state index contributed by atoms with van der Waals surface area (Å²) in [6.45, 7) is 0.384. The first-order valence-electron chi connectivity index (χ1n) is 11.3. The third-order valence-electron chi connectivity index (χ3n) is 5.57. The third kappa shape index (κ3) is 5.57. The van der Waals surface area contributed by atoms with E-state index in [1.165, 1.54) is 33.5 Å². The topological polar surface area (TPSA) is 97.0 Å². The van der Waals surface area contributed by atoms with Crippen LogP contribution in [0.3, 0.4) is 0 Å². The molecule has 0 aliphatic rings. The lowest BCUT2D eigenvalue weighted by atomic mass is 10.1. The van der Waals surface area contributed by atoms with E-state index in [-0.39, 0.29) is 11.5 Å². The second-order valence-corrected chi connectivity index (χ2v) is 7.84. The maximum absolute atomic E-state index is 13.8. The van der Waals surface area contributed by atoms with Crippen LogP contribution in [0.25, 0.3) is 10.9 Å². The van der Waals surface area contributed by atoms with Gasteiger partial charge in [0, 0.05) is 34.9 Å². The Labute approximate surface area is 208 Å². The van der Waals surface area contributed by atoms with Crippen molar-refractivity contribution in [3.63, 3.8) is 0 Å². The highest BCUT2D eigenvalue weighted by Crippen LogP contribution is 2.38. The van der Waals surface area contributed by atoms with Gasteiger partial charge in [0.2, 0.25) is 11.7 Å². The monoisotopic (exact) mass is 490 g/mol. The van der Waals surface area contributed by atoms with E-state index in [4.69, 9.17) is 14.2 Å². The summed E-state index contributed by atoms with van der Waals surface area (Å²) in [5.41, 5.74) is 2.88. The number of nitrogens with one attached hydrogen (secondary N) is 3.